The Morgan fingerprint density at radius 3 is 2.33 bits per heavy atom. The minimum absolute atomic E-state index is 0.0961. The molecular weight excluding hydrogens is 79.1 g/mol. The van der Waals surface area contributed by atoms with Gasteiger partial charge in [0, 0.05) is 0 Å². The molecule has 1 fully saturated rings. The van der Waals surface area contributed by atoms with E-state index in [0.29, 0.717) is 11.8 Å². The van der Waals surface area contributed by atoms with Crippen LogP contribution in [-0.2, 0) is 0 Å². The van der Waals surface area contributed by atoms with E-state index in [4.69, 9.17) is 0 Å². The molecule has 6 heavy (non-hydrogen) atoms. The second-order valence-corrected chi connectivity index (χ2v) is 2.13. The van der Waals surface area contributed by atoms with Crippen LogP contribution in [0.15, 0.2) is 0 Å². The zero-order valence-electron chi connectivity index (χ0n) is 3.95. The van der Waals surface area contributed by atoms with Gasteiger partial charge >= 0.3 is 0 Å². The Kier molecular flexibility index (Phi) is 0.827. The number of hydrogen-bond donors (Lipinski definition) is 0. The number of hydrogen-bond acceptors (Lipinski definition) is 0. The Balaban J connectivity index is 2.09. The van der Waals surface area contributed by atoms with Gasteiger partial charge in [0.2, 0.25) is 0 Å². The summed E-state index contributed by atoms with van der Waals surface area (Å²) in [6, 6.07) is 0. The van der Waals surface area contributed by atoms with E-state index in [0.717, 1.165) is 6.42 Å². The largest absolute Gasteiger partial charge is 0.251 e. The van der Waals surface area contributed by atoms with Gasteiger partial charge in [-0.1, -0.05) is 6.92 Å². The average Bonchev–Trinajstić information content (AvgIpc) is 2.19. The molecule has 0 amide bonds. The first-order valence-electron chi connectivity index (χ1n) is 2.40. The summed E-state index contributed by atoms with van der Waals surface area (Å²) in [6.45, 7) is 1.99. The minimum Gasteiger partial charge on any atom is -0.251 e. The van der Waals surface area contributed by atoms with E-state index < -0.39 is 0 Å². The maximum absolute atomic E-state index is 11.4. The van der Waals surface area contributed by atoms with Gasteiger partial charge in [-0.25, -0.2) is 0 Å². The molecule has 0 radical (unpaired) electrons. The van der Waals surface area contributed by atoms with Crippen molar-refractivity contribution in [1.29, 1.82) is 0 Å². The highest BCUT2D eigenvalue weighted by Crippen LogP contribution is 2.37. The molecule has 0 N–H and O–H groups in total. The van der Waals surface area contributed by atoms with Gasteiger partial charge in [-0.3, -0.25) is 4.39 Å². The molecule has 0 aliphatic heterocycles. The van der Waals surface area contributed by atoms with Crippen molar-refractivity contribution < 1.29 is 4.39 Å². The molecule has 0 spiro atoms. The monoisotopic (exact) mass is 88.1 g/mol. The third kappa shape index (κ3) is 0.537. The third-order valence-corrected chi connectivity index (χ3v) is 1.47. The fourth-order valence-electron chi connectivity index (χ4n) is 0.614. The van der Waals surface area contributed by atoms with Crippen molar-refractivity contribution in [1.82, 2.24) is 0 Å². The first kappa shape index (κ1) is 4.10. The Hall–Kier alpha value is -0.0700. The normalized spacial score (nSPS) is 43.0. The van der Waals surface area contributed by atoms with Crippen LogP contribution in [0.4, 0.5) is 4.39 Å². The Morgan fingerprint density at radius 1 is 1.83 bits per heavy atom. The highest BCUT2D eigenvalue weighted by atomic mass is 19.1. The van der Waals surface area contributed by atoms with Gasteiger partial charge < -0.3 is 0 Å². The van der Waals surface area contributed by atoms with Crippen molar-refractivity contribution in [2.45, 2.75) is 13.3 Å². The first-order valence-corrected chi connectivity index (χ1v) is 2.40. The smallest absolute Gasteiger partial charge is 0.0925 e. The van der Waals surface area contributed by atoms with E-state index in [2.05, 4.69) is 6.92 Å². The van der Waals surface area contributed by atoms with Gasteiger partial charge in [-0.05, 0) is 18.3 Å². The van der Waals surface area contributed by atoms with Crippen LogP contribution in [0.3, 0.4) is 0 Å². The second-order valence-electron chi connectivity index (χ2n) is 2.13. The van der Waals surface area contributed by atoms with Crippen LogP contribution in [0.5, 0.6) is 0 Å². The van der Waals surface area contributed by atoms with Crippen molar-refractivity contribution in [2.24, 2.45) is 11.8 Å². The number of rotatable bonds is 1. The van der Waals surface area contributed by atoms with Gasteiger partial charge in [0.15, 0.2) is 0 Å². The van der Waals surface area contributed by atoms with Crippen LogP contribution in [-0.4, -0.2) is 6.67 Å². The van der Waals surface area contributed by atoms with E-state index >= 15 is 0 Å². The fourth-order valence-corrected chi connectivity index (χ4v) is 0.614. The molecule has 2 atom stereocenters. The van der Waals surface area contributed by atoms with Crippen LogP contribution < -0.4 is 0 Å². The Labute approximate surface area is 37.4 Å². The molecule has 0 nitrogen and oxygen atoms in total. The van der Waals surface area contributed by atoms with E-state index in [-0.39, 0.29) is 6.67 Å². The summed E-state index contributed by atoms with van der Waals surface area (Å²) >= 11 is 0. The lowest BCUT2D eigenvalue weighted by atomic mass is 10.4. The summed E-state index contributed by atoms with van der Waals surface area (Å²) in [7, 11) is 0. The minimum atomic E-state index is -0.0961. The summed E-state index contributed by atoms with van der Waals surface area (Å²) in [6.07, 6.45) is 1.12. The summed E-state index contributed by atoms with van der Waals surface area (Å²) in [5.74, 6) is 1.12. The molecule has 1 aliphatic carbocycles. The molecule has 0 saturated heterocycles. The SMILES string of the molecule is C[C@@H]1C[C@H]1CF. The van der Waals surface area contributed by atoms with Gasteiger partial charge in [0.1, 0.15) is 0 Å². The summed E-state index contributed by atoms with van der Waals surface area (Å²) < 4.78 is 11.4. The van der Waals surface area contributed by atoms with Gasteiger partial charge in [0.05, 0.1) is 6.67 Å². The van der Waals surface area contributed by atoms with E-state index in [1.54, 1.807) is 0 Å². The van der Waals surface area contributed by atoms with Crippen LogP contribution in [0.1, 0.15) is 13.3 Å². The molecule has 0 bridgehead atoms. The van der Waals surface area contributed by atoms with Crippen molar-refractivity contribution in [3.8, 4) is 0 Å². The van der Waals surface area contributed by atoms with E-state index in [1.807, 2.05) is 0 Å². The second kappa shape index (κ2) is 1.21. The Bertz CT molecular complexity index is 49.9. The summed E-state index contributed by atoms with van der Waals surface area (Å²) in [5.41, 5.74) is 0. The predicted octanol–water partition coefficient (Wildman–Crippen LogP) is 1.61. The predicted molar refractivity (Wildman–Crippen MR) is 23.2 cm³/mol. The molecule has 0 unspecified atom stereocenters. The number of alkyl halides is 1. The molecule has 1 rings (SSSR count). The van der Waals surface area contributed by atoms with Crippen molar-refractivity contribution in [3.63, 3.8) is 0 Å². The topological polar surface area (TPSA) is 0 Å². The van der Waals surface area contributed by atoms with Crippen LogP contribution >= 0.6 is 0 Å². The van der Waals surface area contributed by atoms with E-state index in [1.165, 1.54) is 0 Å². The van der Waals surface area contributed by atoms with Crippen molar-refractivity contribution in [2.75, 3.05) is 6.67 Å². The quantitative estimate of drug-likeness (QED) is 0.457. The molecule has 0 aromatic carbocycles. The van der Waals surface area contributed by atoms with Crippen molar-refractivity contribution in [3.05, 3.63) is 0 Å². The zero-order valence-corrected chi connectivity index (χ0v) is 3.95. The molecule has 0 aromatic rings. The summed E-state index contributed by atoms with van der Waals surface area (Å²) in [5, 5.41) is 0. The fraction of sp³-hybridized carbons (Fsp3) is 1.00. The third-order valence-electron chi connectivity index (χ3n) is 1.47. The van der Waals surface area contributed by atoms with Crippen LogP contribution in [0.2, 0.25) is 0 Å². The molecule has 1 heteroatoms. The maximum Gasteiger partial charge on any atom is 0.0925 e. The number of halogens is 1. The first-order chi connectivity index (χ1) is 2.84. The highest BCUT2D eigenvalue weighted by molar-refractivity contribution is 4.80. The van der Waals surface area contributed by atoms with Crippen LogP contribution in [0, 0.1) is 11.8 Å². The molecule has 1 aliphatic rings. The van der Waals surface area contributed by atoms with Crippen molar-refractivity contribution >= 4 is 0 Å². The summed E-state index contributed by atoms with van der Waals surface area (Å²) in [4.78, 5) is 0. The lowest BCUT2D eigenvalue weighted by Gasteiger charge is -1.76. The lowest BCUT2D eigenvalue weighted by Crippen LogP contribution is -1.76. The molecular formula is C5H9F. The van der Waals surface area contributed by atoms with E-state index in [9.17, 15) is 4.39 Å². The standard InChI is InChI=1S/C5H9F/c1-4-2-5(4)3-6/h4-5H,2-3H2,1H3/t4-,5+/m1/s1. The van der Waals surface area contributed by atoms with Crippen LogP contribution in [0.25, 0.3) is 0 Å². The Morgan fingerprint density at radius 2 is 2.33 bits per heavy atom. The molecule has 1 saturated carbocycles. The maximum atomic E-state index is 11.4. The van der Waals surface area contributed by atoms with Gasteiger partial charge in [-0.15, -0.1) is 0 Å². The highest BCUT2D eigenvalue weighted by Gasteiger charge is 2.31. The molecule has 0 aromatic heterocycles. The molecule has 0 heterocycles. The zero-order chi connectivity index (χ0) is 4.57. The average molecular weight is 88.1 g/mol. The molecule has 36 valence electrons. The van der Waals surface area contributed by atoms with Gasteiger partial charge in [0.25, 0.3) is 0 Å². The van der Waals surface area contributed by atoms with Gasteiger partial charge in [-0.2, -0.15) is 0 Å². The lowest BCUT2D eigenvalue weighted by molar-refractivity contribution is 0.444.